The molecule has 0 aromatic rings. The van der Waals surface area contributed by atoms with Gasteiger partial charge >= 0.3 is 0 Å². The average Bonchev–Trinajstić information content (AvgIpc) is 2.52. The third-order valence-corrected chi connectivity index (χ3v) is 4.39. The highest BCUT2D eigenvalue weighted by atomic mass is 35.5. The van der Waals surface area contributed by atoms with Gasteiger partial charge in [-0.15, -0.1) is 6.42 Å². The van der Waals surface area contributed by atoms with Crippen molar-refractivity contribution in [1.29, 1.82) is 0 Å². The number of terminal acetylenes is 1. The maximum absolute atomic E-state index is 14.1. The molecule has 0 saturated heterocycles. The van der Waals surface area contributed by atoms with E-state index in [-0.39, 0.29) is 29.7 Å². The molecule has 22 heavy (non-hydrogen) atoms. The molecule has 0 spiro atoms. The van der Waals surface area contributed by atoms with Gasteiger partial charge in [0.2, 0.25) is 5.91 Å². The van der Waals surface area contributed by atoms with E-state index in [0.29, 0.717) is 18.0 Å². The van der Waals surface area contributed by atoms with Crippen molar-refractivity contribution >= 4 is 17.5 Å². The van der Waals surface area contributed by atoms with Gasteiger partial charge in [-0.1, -0.05) is 36.8 Å². The number of rotatable bonds is 5. The second kappa shape index (κ2) is 8.24. The van der Waals surface area contributed by atoms with Gasteiger partial charge in [-0.05, 0) is 24.8 Å². The molecule has 3 nitrogen and oxygen atoms in total. The zero-order valence-corrected chi connectivity index (χ0v) is 13.3. The second-order valence-electron chi connectivity index (χ2n) is 5.76. The van der Waals surface area contributed by atoms with Crippen LogP contribution in [0.2, 0.25) is 0 Å². The summed E-state index contributed by atoms with van der Waals surface area (Å²) >= 11 is 5.99. The number of hydrogen-bond acceptors (Lipinski definition) is 2. The summed E-state index contributed by atoms with van der Waals surface area (Å²) < 4.78 is 19.2. The molecule has 0 aromatic heterocycles. The van der Waals surface area contributed by atoms with Crippen LogP contribution < -0.4 is 5.32 Å². The number of halogens is 2. The van der Waals surface area contributed by atoms with Crippen LogP contribution in [0.3, 0.4) is 0 Å². The van der Waals surface area contributed by atoms with Crippen molar-refractivity contribution in [2.24, 2.45) is 5.92 Å². The van der Waals surface area contributed by atoms with Crippen LogP contribution in [0.4, 0.5) is 4.39 Å². The van der Waals surface area contributed by atoms with E-state index in [9.17, 15) is 9.18 Å². The number of carbonyl (C=O) groups excluding carboxylic acids is 1. The van der Waals surface area contributed by atoms with E-state index in [1.165, 1.54) is 25.3 Å². The Labute approximate surface area is 135 Å². The third kappa shape index (κ3) is 4.51. The summed E-state index contributed by atoms with van der Waals surface area (Å²) in [5.74, 6) is 2.57. The lowest BCUT2D eigenvalue weighted by molar-refractivity contribution is -0.118. The molecule has 1 saturated carbocycles. The summed E-state index contributed by atoms with van der Waals surface area (Å²) in [6.45, 7) is 0.609. The summed E-state index contributed by atoms with van der Waals surface area (Å²) in [5.41, 5.74) is 0.348. The summed E-state index contributed by atoms with van der Waals surface area (Å²) in [7, 11) is 0. The molecule has 0 heterocycles. The van der Waals surface area contributed by atoms with Crippen molar-refractivity contribution in [3.8, 4) is 12.3 Å². The summed E-state index contributed by atoms with van der Waals surface area (Å²) in [6.07, 6.45) is 11.1. The van der Waals surface area contributed by atoms with E-state index < -0.39 is 6.17 Å². The quantitative estimate of drug-likeness (QED) is 0.786. The average molecular weight is 326 g/mol. The molecule has 1 amide bonds. The number of hydrogen-bond donors (Lipinski definition) is 1. The van der Waals surface area contributed by atoms with Gasteiger partial charge < -0.3 is 10.1 Å². The lowest BCUT2D eigenvalue weighted by atomic mass is 9.89. The lowest BCUT2D eigenvalue weighted by Gasteiger charge is -2.23. The summed E-state index contributed by atoms with van der Waals surface area (Å²) in [6, 6.07) is 0. The fraction of sp³-hybridized carbons (Fsp3) is 0.588. The van der Waals surface area contributed by atoms with Gasteiger partial charge in [0.15, 0.2) is 11.9 Å². The summed E-state index contributed by atoms with van der Waals surface area (Å²) in [5, 5.41) is 3.00. The maximum atomic E-state index is 14.1. The van der Waals surface area contributed by atoms with Gasteiger partial charge in [0.05, 0.1) is 5.03 Å². The van der Waals surface area contributed by atoms with Gasteiger partial charge in [0.25, 0.3) is 0 Å². The van der Waals surface area contributed by atoms with E-state index in [2.05, 4.69) is 11.2 Å². The molecule has 1 N–H and O–H groups in total. The molecule has 1 fully saturated rings. The van der Waals surface area contributed by atoms with E-state index in [1.54, 1.807) is 0 Å². The number of alkyl halides is 1. The van der Waals surface area contributed by atoms with Crippen molar-refractivity contribution in [2.45, 2.75) is 44.7 Å². The molecule has 5 heteroatoms. The van der Waals surface area contributed by atoms with Crippen LogP contribution in [0.5, 0.6) is 0 Å². The fourth-order valence-electron chi connectivity index (χ4n) is 2.90. The molecular formula is C17H21ClFNO2. The first-order chi connectivity index (χ1) is 10.6. The molecule has 2 aliphatic carbocycles. The standard InChI is InChI=1S/C17H21ClFNO2/c1-2-8-22-16-14(18)9-13(10-15(16)19)17(21)20-11-12-6-4-3-5-7-12/h1,9,12,15H,3-8,10-11H2,(H,20,21). The zero-order valence-electron chi connectivity index (χ0n) is 12.5. The number of ether oxygens (including phenoxy) is 1. The predicted molar refractivity (Wildman–Crippen MR) is 84.8 cm³/mol. The van der Waals surface area contributed by atoms with Crippen molar-refractivity contribution in [3.63, 3.8) is 0 Å². The second-order valence-corrected chi connectivity index (χ2v) is 6.17. The van der Waals surface area contributed by atoms with Crippen molar-refractivity contribution in [2.75, 3.05) is 13.2 Å². The molecule has 0 bridgehead atoms. The van der Waals surface area contributed by atoms with Gasteiger partial charge in [-0.3, -0.25) is 4.79 Å². The first kappa shape index (κ1) is 16.9. The van der Waals surface area contributed by atoms with Crippen molar-refractivity contribution in [1.82, 2.24) is 5.32 Å². The Hall–Kier alpha value is -1.47. The van der Waals surface area contributed by atoms with Crippen molar-refractivity contribution < 1.29 is 13.9 Å². The van der Waals surface area contributed by atoms with Crippen LogP contribution in [0.25, 0.3) is 0 Å². The van der Waals surface area contributed by atoms with E-state index in [1.807, 2.05) is 0 Å². The topological polar surface area (TPSA) is 38.3 Å². The highest BCUT2D eigenvalue weighted by Crippen LogP contribution is 2.30. The van der Waals surface area contributed by atoms with Crippen LogP contribution in [-0.4, -0.2) is 25.2 Å². The van der Waals surface area contributed by atoms with Crippen molar-refractivity contribution in [3.05, 3.63) is 22.4 Å². The monoisotopic (exact) mass is 325 g/mol. The van der Waals surface area contributed by atoms with Gasteiger partial charge in [0.1, 0.15) is 6.61 Å². The first-order valence-electron chi connectivity index (χ1n) is 7.70. The maximum Gasteiger partial charge on any atom is 0.247 e. The number of amides is 1. The Balaban J connectivity index is 1.92. The normalized spacial score (nSPS) is 22.8. The Morgan fingerprint density at radius 1 is 1.45 bits per heavy atom. The first-order valence-corrected chi connectivity index (χ1v) is 8.08. The molecule has 120 valence electrons. The third-order valence-electron chi connectivity index (χ3n) is 4.10. The van der Waals surface area contributed by atoms with Crippen LogP contribution in [-0.2, 0) is 9.53 Å². The Morgan fingerprint density at radius 3 is 2.82 bits per heavy atom. The molecule has 1 unspecified atom stereocenters. The number of carbonyl (C=O) groups is 1. The lowest BCUT2D eigenvalue weighted by Crippen LogP contribution is -2.33. The molecule has 1 atom stereocenters. The Bertz CT molecular complexity index is 515. The highest BCUT2D eigenvalue weighted by Gasteiger charge is 2.28. The van der Waals surface area contributed by atoms with E-state index in [4.69, 9.17) is 22.8 Å². The predicted octanol–water partition coefficient (Wildman–Crippen LogP) is 3.45. The van der Waals surface area contributed by atoms with E-state index >= 15 is 0 Å². The minimum absolute atomic E-state index is 0.0171. The molecule has 2 aliphatic rings. The van der Waals surface area contributed by atoms with Gasteiger partial charge in [-0.25, -0.2) is 4.39 Å². The zero-order chi connectivity index (χ0) is 15.9. The summed E-state index contributed by atoms with van der Waals surface area (Å²) in [4.78, 5) is 12.2. The largest absolute Gasteiger partial charge is 0.481 e. The van der Waals surface area contributed by atoms with Crippen LogP contribution in [0, 0.1) is 18.3 Å². The van der Waals surface area contributed by atoms with Crippen LogP contribution in [0.1, 0.15) is 38.5 Å². The minimum atomic E-state index is -1.43. The van der Waals surface area contributed by atoms with Crippen LogP contribution in [0.15, 0.2) is 22.4 Å². The van der Waals surface area contributed by atoms with Crippen LogP contribution >= 0.6 is 11.6 Å². The molecule has 2 rings (SSSR count). The minimum Gasteiger partial charge on any atom is -0.481 e. The smallest absolute Gasteiger partial charge is 0.247 e. The number of nitrogens with one attached hydrogen (secondary N) is 1. The van der Waals surface area contributed by atoms with Gasteiger partial charge in [-0.2, -0.15) is 0 Å². The van der Waals surface area contributed by atoms with Gasteiger partial charge in [0, 0.05) is 18.5 Å². The SMILES string of the molecule is C#CCOC1=C(Cl)C=C(C(=O)NCC2CCCCC2)CC1F. The number of allylic oxidation sites excluding steroid dienone is 3. The molecule has 0 aliphatic heterocycles. The molecular weight excluding hydrogens is 305 g/mol. The molecule has 0 aromatic carbocycles. The molecule has 0 radical (unpaired) electrons. The fourth-order valence-corrected chi connectivity index (χ4v) is 3.20. The highest BCUT2D eigenvalue weighted by molar-refractivity contribution is 6.32. The Kier molecular flexibility index (Phi) is 6.33. The van der Waals surface area contributed by atoms with E-state index in [0.717, 1.165) is 12.8 Å². The Morgan fingerprint density at radius 2 is 2.18 bits per heavy atom.